The number of rotatable bonds is 3. The van der Waals surface area contributed by atoms with Crippen LogP contribution in [0.4, 0.5) is 14.9 Å². The second kappa shape index (κ2) is 7.30. The van der Waals surface area contributed by atoms with Crippen LogP contribution in [0.15, 0.2) is 30.5 Å². The third-order valence-electron chi connectivity index (χ3n) is 4.79. The standard InChI is InChI=1S/C22H27FN2O4/c1-21(2,3)29-20(27)25-12-22(4,5)19-16(25)9-13(11-24-19)18(26)15-8-7-14(23)10-17(15)28-6/h7-11,18,26H,12H2,1-6H3. The molecule has 0 aliphatic carbocycles. The van der Waals surface area contributed by atoms with Crippen LogP contribution < -0.4 is 9.64 Å². The number of aromatic nitrogens is 1. The Morgan fingerprint density at radius 2 is 2.00 bits per heavy atom. The van der Waals surface area contributed by atoms with Crippen molar-refractivity contribution in [3.8, 4) is 5.75 Å². The minimum atomic E-state index is -1.09. The number of benzene rings is 1. The molecule has 1 amide bonds. The third-order valence-corrected chi connectivity index (χ3v) is 4.79. The van der Waals surface area contributed by atoms with Gasteiger partial charge in [0.05, 0.1) is 18.5 Å². The zero-order chi connectivity index (χ0) is 21.6. The van der Waals surface area contributed by atoms with Crippen molar-refractivity contribution in [1.29, 1.82) is 0 Å². The summed E-state index contributed by atoms with van der Waals surface area (Å²) < 4.78 is 24.3. The Morgan fingerprint density at radius 1 is 1.31 bits per heavy atom. The molecule has 1 atom stereocenters. The molecule has 2 aromatic rings. The number of ether oxygens (including phenoxy) is 2. The number of anilines is 1. The van der Waals surface area contributed by atoms with Gasteiger partial charge in [-0.1, -0.05) is 13.8 Å². The molecule has 1 aliphatic rings. The van der Waals surface area contributed by atoms with E-state index >= 15 is 0 Å². The predicted octanol–water partition coefficient (Wildman–Crippen LogP) is 4.34. The number of carbonyl (C=O) groups is 1. The lowest BCUT2D eigenvalue weighted by Gasteiger charge is -2.26. The Bertz CT molecular complexity index is 937. The molecule has 2 heterocycles. The lowest BCUT2D eigenvalue weighted by Crippen LogP contribution is -2.38. The number of hydrogen-bond acceptors (Lipinski definition) is 5. The number of aliphatic hydroxyl groups is 1. The average molecular weight is 402 g/mol. The molecular weight excluding hydrogens is 375 g/mol. The van der Waals surface area contributed by atoms with Crippen molar-refractivity contribution in [3.63, 3.8) is 0 Å². The summed E-state index contributed by atoms with van der Waals surface area (Å²) in [5, 5.41) is 10.9. The van der Waals surface area contributed by atoms with Gasteiger partial charge in [-0.15, -0.1) is 0 Å². The Hall–Kier alpha value is -2.67. The van der Waals surface area contributed by atoms with Crippen LogP contribution in [0, 0.1) is 5.82 Å². The minimum absolute atomic E-state index is 0.238. The number of fused-ring (bicyclic) bond motifs is 1. The van der Waals surface area contributed by atoms with Gasteiger partial charge in [-0.05, 0) is 39.0 Å². The lowest BCUT2D eigenvalue weighted by molar-refractivity contribution is 0.0579. The molecule has 1 unspecified atom stereocenters. The molecule has 0 bridgehead atoms. The van der Waals surface area contributed by atoms with Gasteiger partial charge in [-0.2, -0.15) is 0 Å². The number of methoxy groups -OCH3 is 1. The fraction of sp³-hybridized carbons (Fsp3) is 0.455. The number of nitrogens with zero attached hydrogens (tertiary/aromatic N) is 2. The maximum Gasteiger partial charge on any atom is 0.414 e. The Balaban J connectivity index is 2.01. The number of aliphatic hydroxyl groups excluding tert-OH is 1. The van der Waals surface area contributed by atoms with Gasteiger partial charge in [0.1, 0.15) is 23.3 Å². The average Bonchev–Trinajstić information content (AvgIpc) is 2.90. The summed E-state index contributed by atoms with van der Waals surface area (Å²) in [6.45, 7) is 9.86. The van der Waals surface area contributed by atoms with Crippen molar-refractivity contribution < 1.29 is 23.8 Å². The van der Waals surface area contributed by atoms with Crippen molar-refractivity contribution in [2.75, 3.05) is 18.6 Å². The first kappa shape index (κ1) is 21.0. The molecular formula is C22H27FN2O4. The highest BCUT2D eigenvalue weighted by molar-refractivity contribution is 5.91. The number of pyridine rings is 1. The maximum absolute atomic E-state index is 13.5. The molecule has 1 aliphatic heterocycles. The van der Waals surface area contributed by atoms with Gasteiger partial charge in [-0.3, -0.25) is 9.88 Å². The number of carbonyl (C=O) groups excluding carboxylic acids is 1. The van der Waals surface area contributed by atoms with Crippen LogP contribution in [0.5, 0.6) is 5.75 Å². The van der Waals surface area contributed by atoms with E-state index in [1.165, 1.54) is 25.3 Å². The smallest absolute Gasteiger partial charge is 0.414 e. The summed E-state index contributed by atoms with van der Waals surface area (Å²) in [4.78, 5) is 18.8. The Morgan fingerprint density at radius 3 is 2.62 bits per heavy atom. The van der Waals surface area contributed by atoms with Crippen molar-refractivity contribution in [2.24, 2.45) is 0 Å². The highest BCUT2D eigenvalue weighted by Crippen LogP contribution is 2.42. The lowest BCUT2D eigenvalue weighted by atomic mass is 9.90. The Labute approximate surface area is 170 Å². The quantitative estimate of drug-likeness (QED) is 0.827. The molecule has 6 nitrogen and oxygen atoms in total. The van der Waals surface area contributed by atoms with Crippen LogP contribution in [0.3, 0.4) is 0 Å². The maximum atomic E-state index is 13.5. The van der Waals surface area contributed by atoms with Gasteiger partial charge in [0.25, 0.3) is 0 Å². The molecule has 7 heteroatoms. The summed E-state index contributed by atoms with van der Waals surface area (Å²) in [7, 11) is 1.42. The largest absolute Gasteiger partial charge is 0.496 e. The van der Waals surface area contributed by atoms with Crippen LogP contribution in [0.1, 0.15) is 57.5 Å². The van der Waals surface area contributed by atoms with Crippen LogP contribution in [-0.4, -0.2) is 35.4 Å². The molecule has 0 saturated carbocycles. The molecule has 1 aromatic carbocycles. The number of halogens is 1. The molecule has 1 N–H and O–H groups in total. The van der Waals surface area contributed by atoms with Crippen LogP contribution >= 0.6 is 0 Å². The first-order valence-corrected chi connectivity index (χ1v) is 9.45. The van der Waals surface area contributed by atoms with Crippen LogP contribution in [0.2, 0.25) is 0 Å². The van der Waals surface area contributed by atoms with E-state index in [0.29, 0.717) is 23.4 Å². The number of hydrogen-bond donors (Lipinski definition) is 1. The van der Waals surface area contributed by atoms with Gasteiger partial charge in [-0.25, -0.2) is 9.18 Å². The molecule has 0 spiro atoms. The summed E-state index contributed by atoms with van der Waals surface area (Å²) in [5.41, 5.74) is 1.25. The van der Waals surface area contributed by atoms with Gasteiger partial charge in [0.2, 0.25) is 0 Å². The minimum Gasteiger partial charge on any atom is -0.496 e. The normalized spacial score (nSPS) is 16.3. The molecule has 156 valence electrons. The Kier molecular flexibility index (Phi) is 5.30. The predicted molar refractivity (Wildman–Crippen MR) is 108 cm³/mol. The topological polar surface area (TPSA) is 71.9 Å². The van der Waals surface area contributed by atoms with Crippen molar-refractivity contribution in [3.05, 3.63) is 53.1 Å². The summed E-state index contributed by atoms with van der Waals surface area (Å²) >= 11 is 0. The van der Waals surface area contributed by atoms with Crippen molar-refractivity contribution >= 4 is 11.8 Å². The third kappa shape index (κ3) is 4.19. The first-order chi connectivity index (χ1) is 13.4. The highest BCUT2D eigenvalue weighted by atomic mass is 19.1. The van der Waals surface area contributed by atoms with E-state index in [1.54, 1.807) is 17.2 Å². The fourth-order valence-corrected chi connectivity index (χ4v) is 3.47. The monoisotopic (exact) mass is 402 g/mol. The van der Waals surface area contributed by atoms with E-state index in [-0.39, 0.29) is 11.2 Å². The molecule has 0 saturated heterocycles. The van der Waals surface area contributed by atoms with Gasteiger partial charge < -0.3 is 14.6 Å². The van der Waals surface area contributed by atoms with Gasteiger partial charge in [0.15, 0.2) is 0 Å². The van der Waals surface area contributed by atoms with Gasteiger partial charge in [0, 0.05) is 35.3 Å². The molecule has 1 aromatic heterocycles. The van der Waals surface area contributed by atoms with Crippen LogP contribution in [0.25, 0.3) is 0 Å². The molecule has 29 heavy (non-hydrogen) atoms. The fourth-order valence-electron chi connectivity index (χ4n) is 3.47. The molecule has 0 radical (unpaired) electrons. The van der Waals surface area contributed by atoms with E-state index in [9.17, 15) is 14.3 Å². The van der Waals surface area contributed by atoms with E-state index in [0.717, 1.165) is 5.69 Å². The van der Waals surface area contributed by atoms with E-state index < -0.39 is 23.6 Å². The molecule has 3 rings (SSSR count). The molecule has 0 fully saturated rings. The van der Waals surface area contributed by atoms with Crippen molar-refractivity contribution in [1.82, 2.24) is 4.98 Å². The van der Waals surface area contributed by atoms with E-state index in [2.05, 4.69) is 4.98 Å². The zero-order valence-corrected chi connectivity index (χ0v) is 17.6. The van der Waals surface area contributed by atoms with Gasteiger partial charge >= 0.3 is 6.09 Å². The number of amides is 1. The zero-order valence-electron chi connectivity index (χ0n) is 17.6. The van der Waals surface area contributed by atoms with Crippen molar-refractivity contribution in [2.45, 2.75) is 51.7 Å². The SMILES string of the molecule is COc1cc(F)ccc1C(O)c1cnc2c(c1)N(C(=O)OC(C)(C)C)CC2(C)C. The summed E-state index contributed by atoms with van der Waals surface area (Å²) in [5.74, 6) is -0.218. The van der Waals surface area contributed by atoms with E-state index in [1.807, 2.05) is 34.6 Å². The highest BCUT2D eigenvalue weighted by Gasteiger charge is 2.41. The van der Waals surface area contributed by atoms with Crippen LogP contribution in [-0.2, 0) is 10.2 Å². The second-order valence-electron chi connectivity index (χ2n) is 8.88. The first-order valence-electron chi connectivity index (χ1n) is 9.45. The summed E-state index contributed by atoms with van der Waals surface area (Å²) in [6.07, 6.45) is 0.0248. The van der Waals surface area contributed by atoms with E-state index in [4.69, 9.17) is 9.47 Å². The summed E-state index contributed by atoms with van der Waals surface area (Å²) in [6, 6.07) is 5.68. The second-order valence-corrected chi connectivity index (χ2v) is 8.88.